The minimum absolute atomic E-state index is 0.331. The van der Waals surface area contributed by atoms with Crippen LogP contribution in [0.2, 0.25) is 0 Å². The number of alkyl halides is 1. The monoisotopic (exact) mass is 276 g/mol. The third kappa shape index (κ3) is 2.21. The molecule has 0 atom stereocenters. The molecule has 3 aromatic heterocycles. The highest BCUT2D eigenvalue weighted by atomic mass is 35.5. The highest BCUT2D eigenvalue weighted by molar-refractivity contribution is 6.16. The molecule has 0 aliphatic heterocycles. The summed E-state index contributed by atoms with van der Waals surface area (Å²) in [6.07, 6.45) is 4.33. The van der Waals surface area contributed by atoms with E-state index in [-0.39, 0.29) is 0 Å². The van der Waals surface area contributed by atoms with Crippen LogP contribution >= 0.6 is 11.6 Å². The Morgan fingerprint density at radius 3 is 3.00 bits per heavy atom. The molecule has 0 bridgehead atoms. The van der Waals surface area contributed by atoms with Gasteiger partial charge < -0.3 is 8.98 Å². The number of rotatable bonds is 4. The van der Waals surface area contributed by atoms with Crippen LogP contribution in [0.3, 0.4) is 0 Å². The van der Waals surface area contributed by atoms with Gasteiger partial charge in [0.1, 0.15) is 23.6 Å². The molecule has 0 amide bonds. The normalized spacial score (nSPS) is 11.3. The van der Waals surface area contributed by atoms with Crippen LogP contribution in [0.1, 0.15) is 24.4 Å². The Balaban J connectivity index is 2.03. The van der Waals surface area contributed by atoms with Crippen molar-refractivity contribution >= 4 is 22.8 Å². The van der Waals surface area contributed by atoms with Gasteiger partial charge in [-0.15, -0.1) is 11.6 Å². The maximum Gasteiger partial charge on any atom is 0.214 e. The molecule has 98 valence electrons. The van der Waals surface area contributed by atoms with E-state index < -0.39 is 0 Å². The van der Waals surface area contributed by atoms with Gasteiger partial charge in [0.2, 0.25) is 5.89 Å². The largest absolute Gasteiger partial charge is 0.444 e. The van der Waals surface area contributed by atoms with Crippen molar-refractivity contribution in [2.75, 3.05) is 0 Å². The first kappa shape index (κ1) is 12.2. The fourth-order valence-corrected chi connectivity index (χ4v) is 2.20. The molecule has 0 N–H and O–H groups in total. The summed E-state index contributed by atoms with van der Waals surface area (Å²) in [5, 5.41) is 0. The lowest BCUT2D eigenvalue weighted by Crippen LogP contribution is -2.04. The lowest BCUT2D eigenvalue weighted by Gasteiger charge is -2.03. The number of hydrogen-bond donors (Lipinski definition) is 0. The second-order valence-corrected chi connectivity index (χ2v) is 4.44. The molecule has 5 nitrogen and oxygen atoms in total. The first-order valence-electron chi connectivity index (χ1n) is 6.11. The quantitative estimate of drug-likeness (QED) is 0.688. The molecule has 0 saturated heterocycles. The maximum absolute atomic E-state index is 5.94. The molecule has 6 heteroatoms. The number of imidazole rings is 1. The van der Waals surface area contributed by atoms with Crippen molar-refractivity contribution in [2.45, 2.75) is 25.8 Å². The van der Waals surface area contributed by atoms with Crippen molar-refractivity contribution in [2.24, 2.45) is 0 Å². The molecule has 19 heavy (non-hydrogen) atoms. The van der Waals surface area contributed by atoms with Crippen LogP contribution in [-0.4, -0.2) is 19.5 Å². The summed E-state index contributed by atoms with van der Waals surface area (Å²) < 4.78 is 7.56. The van der Waals surface area contributed by atoms with Gasteiger partial charge in [-0.1, -0.05) is 6.92 Å². The van der Waals surface area contributed by atoms with Crippen molar-refractivity contribution in [1.29, 1.82) is 0 Å². The summed E-state index contributed by atoms with van der Waals surface area (Å²) in [7, 11) is 0. The predicted molar refractivity (Wildman–Crippen MR) is 72.1 cm³/mol. The fraction of sp³-hybridized carbons (Fsp3) is 0.308. The van der Waals surface area contributed by atoms with E-state index in [4.69, 9.17) is 16.0 Å². The number of fused-ring (bicyclic) bond motifs is 1. The summed E-state index contributed by atoms with van der Waals surface area (Å²) in [6.45, 7) is 2.53. The summed E-state index contributed by atoms with van der Waals surface area (Å²) in [4.78, 5) is 13.1. The molecule has 3 aromatic rings. The molecule has 0 aromatic carbocycles. The molecule has 0 spiro atoms. The lowest BCUT2D eigenvalue weighted by atomic mass is 10.4. The first-order valence-corrected chi connectivity index (χ1v) is 6.65. The predicted octanol–water partition coefficient (Wildman–Crippen LogP) is 2.77. The van der Waals surface area contributed by atoms with Crippen LogP contribution < -0.4 is 0 Å². The van der Waals surface area contributed by atoms with Gasteiger partial charge in [-0.05, 0) is 12.1 Å². The van der Waals surface area contributed by atoms with E-state index in [1.807, 2.05) is 23.6 Å². The van der Waals surface area contributed by atoms with Crippen LogP contribution in [0.15, 0.2) is 28.9 Å². The Labute approximate surface area is 115 Å². The van der Waals surface area contributed by atoms with Crippen molar-refractivity contribution in [3.05, 3.63) is 42.0 Å². The second kappa shape index (κ2) is 5.01. The van der Waals surface area contributed by atoms with E-state index in [1.54, 1.807) is 12.4 Å². The van der Waals surface area contributed by atoms with Crippen LogP contribution in [0, 0.1) is 0 Å². The number of aromatic nitrogens is 4. The Morgan fingerprint density at radius 1 is 1.37 bits per heavy atom. The molecule has 0 fully saturated rings. The Kier molecular flexibility index (Phi) is 3.21. The molecule has 0 radical (unpaired) electrons. The molecule has 3 heterocycles. The van der Waals surface area contributed by atoms with Gasteiger partial charge >= 0.3 is 0 Å². The van der Waals surface area contributed by atoms with Gasteiger partial charge in [-0.3, -0.25) is 0 Å². The Bertz CT molecular complexity index is 704. The standard InChI is InChI=1S/C13H13ClN4O/c1-2-9-7-16-12(19-9)8-18-11(6-14)17-10-4-3-5-15-13(10)18/h3-5,7H,2,6,8H2,1H3. The van der Waals surface area contributed by atoms with E-state index in [2.05, 4.69) is 15.0 Å². The maximum atomic E-state index is 5.94. The van der Waals surface area contributed by atoms with Crippen LogP contribution in [0.4, 0.5) is 0 Å². The van der Waals surface area contributed by atoms with E-state index in [9.17, 15) is 0 Å². The van der Waals surface area contributed by atoms with Crippen LogP contribution in [-0.2, 0) is 18.8 Å². The smallest absolute Gasteiger partial charge is 0.214 e. The van der Waals surface area contributed by atoms with Gasteiger partial charge in [-0.2, -0.15) is 0 Å². The van der Waals surface area contributed by atoms with E-state index in [0.717, 1.165) is 29.2 Å². The van der Waals surface area contributed by atoms with Crippen molar-refractivity contribution in [3.8, 4) is 0 Å². The molecule has 0 unspecified atom stereocenters. The summed E-state index contributed by atoms with van der Waals surface area (Å²) in [6, 6.07) is 3.78. The third-order valence-electron chi connectivity index (χ3n) is 2.95. The van der Waals surface area contributed by atoms with Crippen molar-refractivity contribution in [3.63, 3.8) is 0 Å². The van der Waals surface area contributed by atoms with E-state index in [0.29, 0.717) is 18.3 Å². The Hall–Kier alpha value is -1.88. The molecular formula is C13H13ClN4O. The average Bonchev–Trinajstić information content (AvgIpc) is 3.04. The van der Waals surface area contributed by atoms with Crippen molar-refractivity contribution in [1.82, 2.24) is 19.5 Å². The minimum atomic E-state index is 0.331. The zero-order valence-corrected chi connectivity index (χ0v) is 11.3. The lowest BCUT2D eigenvalue weighted by molar-refractivity contribution is 0.446. The highest BCUT2D eigenvalue weighted by Gasteiger charge is 2.13. The van der Waals surface area contributed by atoms with Crippen molar-refractivity contribution < 1.29 is 4.42 Å². The van der Waals surface area contributed by atoms with Gasteiger partial charge in [0, 0.05) is 12.6 Å². The van der Waals surface area contributed by atoms with E-state index in [1.165, 1.54) is 0 Å². The molecule has 3 rings (SSSR count). The van der Waals surface area contributed by atoms with Gasteiger partial charge in [0.15, 0.2) is 5.65 Å². The Morgan fingerprint density at radius 2 is 2.26 bits per heavy atom. The SMILES string of the molecule is CCc1cnc(Cn2c(CCl)nc3cccnc32)o1. The summed E-state index contributed by atoms with van der Waals surface area (Å²) in [5.74, 6) is 2.62. The number of hydrogen-bond acceptors (Lipinski definition) is 4. The minimum Gasteiger partial charge on any atom is -0.444 e. The number of nitrogens with zero attached hydrogens (tertiary/aromatic N) is 4. The molecule has 0 aliphatic carbocycles. The molecule has 0 aliphatic rings. The number of halogens is 1. The number of aryl methyl sites for hydroxylation is 1. The summed E-state index contributed by atoms with van der Waals surface area (Å²) in [5.41, 5.74) is 1.63. The first-order chi connectivity index (χ1) is 9.31. The topological polar surface area (TPSA) is 56.7 Å². The van der Waals surface area contributed by atoms with E-state index >= 15 is 0 Å². The fourth-order valence-electron chi connectivity index (χ4n) is 1.99. The van der Waals surface area contributed by atoms with Gasteiger partial charge in [-0.25, -0.2) is 15.0 Å². The summed E-state index contributed by atoms with van der Waals surface area (Å²) >= 11 is 5.94. The zero-order valence-electron chi connectivity index (χ0n) is 10.5. The third-order valence-corrected chi connectivity index (χ3v) is 3.18. The van der Waals surface area contributed by atoms with Gasteiger partial charge in [0.05, 0.1) is 12.1 Å². The van der Waals surface area contributed by atoms with Crippen LogP contribution in [0.5, 0.6) is 0 Å². The highest BCUT2D eigenvalue weighted by Crippen LogP contribution is 2.17. The van der Waals surface area contributed by atoms with Crippen LogP contribution in [0.25, 0.3) is 11.2 Å². The number of pyridine rings is 1. The number of oxazole rings is 1. The zero-order chi connectivity index (χ0) is 13.2. The second-order valence-electron chi connectivity index (χ2n) is 4.17. The molecular weight excluding hydrogens is 264 g/mol. The molecule has 0 saturated carbocycles. The van der Waals surface area contributed by atoms with Gasteiger partial charge in [0.25, 0.3) is 0 Å². The average molecular weight is 277 g/mol.